The van der Waals surface area contributed by atoms with E-state index in [-0.39, 0.29) is 0 Å². The molecule has 3 aromatic heterocycles. The van der Waals surface area contributed by atoms with Crippen molar-refractivity contribution in [1.82, 2.24) is 9.13 Å². The maximum Gasteiger partial charge on any atom is 0.179 e. The maximum atomic E-state index is 6.41. The molecule has 0 atom stereocenters. The first-order valence-electron chi connectivity index (χ1n) is 19.9. The summed E-state index contributed by atoms with van der Waals surface area (Å²) < 4.78 is 11.3. The highest BCUT2D eigenvalue weighted by atomic mass is 28.3. The van der Waals surface area contributed by atoms with Gasteiger partial charge in [0.15, 0.2) is 8.07 Å². The third-order valence-corrected chi connectivity index (χ3v) is 17.0. The fourth-order valence-electron chi connectivity index (χ4n) is 9.80. The van der Waals surface area contributed by atoms with Gasteiger partial charge in [-0.3, -0.25) is 0 Å². The summed E-state index contributed by atoms with van der Waals surface area (Å²) in [6.07, 6.45) is 0. The average Bonchev–Trinajstić information content (AvgIpc) is 3.94. The van der Waals surface area contributed by atoms with Crippen LogP contribution in [0.4, 0.5) is 0 Å². The number of aromatic nitrogens is 2. The molecule has 0 spiro atoms. The lowest BCUT2D eigenvalue weighted by molar-refractivity contribution is 0.669. The molecule has 58 heavy (non-hydrogen) atoms. The monoisotopic (exact) mass is 756 g/mol. The Morgan fingerprint density at radius 3 is 1.26 bits per heavy atom. The Balaban J connectivity index is 1.15. The zero-order valence-corrected chi connectivity index (χ0v) is 32.6. The van der Waals surface area contributed by atoms with Gasteiger partial charge >= 0.3 is 0 Å². The van der Waals surface area contributed by atoms with Gasteiger partial charge in [0.25, 0.3) is 0 Å². The first-order valence-corrected chi connectivity index (χ1v) is 21.9. The lowest BCUT2D eigenvalue weighted by Gasteiger charge is -2.35. The first kappa shape index (κ1) is 32.8. The van der Waals surface area contributed by atoms with Crippen molar-refractivity contribution >= 4 is 94.4 Å². The van der Waals surface area contributed by atoms with Gasteiger partial charge in [0.2, 0.25) is 0 Å². The predicted molar refractivity (Wildman–Crippen MR) is 246 cm³/mol. The molecule has 0 aliphatic carbocycles. The molecule has 0 unspecified atom stereocenters. The minimum Gasteiger partial charge on any atom is -0.456 e. The van der Waals surface area contributed by atoms with Crippen molar-refractivity contribution in [1.29, 1.82) is 0 Å². The van der Waals surface area contributed by atoms with Crippen molar-refractivity contribution in [2.75, 3.05) is 0 Å². The van der Waals surface area contributed by atoms with E-state index < -0.39 is 8.07 Å². The number of fused-ring (bicyclic) bond motifs is 9. The van der Waals surface area contributed by atoms with Crippen molar-refractivity contribution in [3.05, 3.63) is 218 Å². The molecule has 0 bridgehead atoms. The minimum atomic E-state index is -2.97. The summed E-state index contributed by atoms with van der Waals surface area (Å²) in [6.45, 7) is 0. The SMILES string of the molecule is c1ccc([Si](c2ccccc2)(c2cccc(-n3c4ccccc4c4ccccc43)c2)c2cccc(-n3c4ccccc4c4cc5oc6ccccc6c5cc43)c2)cc1. The Labute approximate surface area is 336 Å². The molecular formula is C54H36N2OSi. The molecule has 0 fully saturated rings. The largest absolute Gasteiger partial charge is 0.456 e. The number of hydrogen-bond acceptors (Lipinski definition) is 1. The third-order valence-electron chi connectivity index (χ3n) is 12.2. The number of benzene rings is 9. The van der Waals surface area contributed by atoms with Gasteiger partial charge in [0.05, 0.1) is 22.1 Å². The molecule has 3 nitrogen and oxygen atoms in total. The van der Waals surface area contributed by atoms with Gasteiger partial charge in [-0.1, -0.05) is 158 Å². The molecular weight excluding hydrogens is 721 g/mol. The second kappa shape index (κ2) is 12.8. The van der Waals surface area contributed by atoms with Crippen molar-refractivity contribution in [3.63, 3.8) is 0 Å². The van der Waals surface area contributed by atoms with Crippen LogP contribution in [0.3, 0.4) is 0 Å². The van der Waals surface area contributed by atoms with Gasteiger partial charge in [0, 0.05) is 43.7 Å². The zero-order chi connectivity index (χ0) is 38.2. The second-order valence-electron chi connectivity index (χ2n) is 15.3. The minimum absolute atomic E-state index is 0.910. The Kier molecular flexibility index (Phi) is 7.25. The molecule has 0 saturated heterocycles. The molecule has 0 N–H and O–H groups in total. The van der Waals surface area contributed by atoms with Crippen molar-refractivity contribution in [2.45, 2.75) is 0 Å². The smallest absolute Gasteiger partial charge is 0.179 e. The highest BCUT2D eigenvalue weighted by molar-refractivity contribution is 7.20. The van der Waals surface area contributed by atoms with Crippen LogP contribution >= 0.6 is 0 Å². The van der Waals surface area contributed by atoms with Crippen LogP contribution in [0.25, 0.3) is 76.9 Å². The van der Waals surface area contributed by atoms with Gasteiger partial charge in [-0.15, -0.1) is 0 Å². The summed E-state index contributed by atoms with van der Waals surface area (Å²) in [5.74, 6) is 0. The summed E-state index contributed by atoms with van der Waals surface area (Å²) >= 11 is 0. The van der Waals surface area contributed by atoms with E-state index in [1.54, 1.807) is 0 Å². The van der Waals surface area contributed by atoms with Crippen molar-refractivity contribution in [2.24, 2.45) is 0 Å². The normalized spacial score (nSPS) is 12.1. The number of furan rings is 1. The molecule has 12 rings (SSSR count). The van der Waals surface area contributed by atoms with E-state index in [0.717, 1.165) is 38.8 Å². The van der Waals surface area contributed by atoms with E-state index in [2.05, 4.69) is 221 Å². The van der Waals surface area contributed by atoms with Crippen LogP contribution in [0, 0.1) is 0 Å². The topological polar surface area (TPSA) is 23.0 Å². The standard InChI is InChI=1S/C54H36N2OSi/c1-3-19-39(20-4-1)58(40-21-5-2-6-22-40,41-23-15-17-37(33-41)55-49-29-11-7-25-43(49)44-26-8-12-30-50(44)55)42-24-16-18-38(34-42)56-51-31-13-9-27-45(51)47-36-54-48(35-52(47)56)46-28-10-14-32-53(46)57-54/h1-36H. The van der Waals surface area contributed by atoms with E-state index in [1.807, 2.05) is 6.07 Å². The fourth-order valence-corrected chi connectivity index (χ4v) is 14.6. The molecule has 0 aliphatic heterocycles. The second-order valence-corrected chi connectivity index (χ2v) is 19.1. The van der Waals surface area contributed by atoms with Gasteiger partial charge < -0.3 is 13.6 Å². The molecule has 0 saturated carbocycles. The van der Waals surface area contributed by atoms with Crippen LogP contribution in [-0.4, -0.2) is 17.2 Å². The van der Waals surface area contributed by atoms with Gasteiger partial charge in [-0.05, 0) is 81.4 Å². The van der Waals surface area contributed by atoms with E-state index >= 15 is 0 Å². The number of para-hydroxylation sites is 4. The zero-order valence-electron chi connectivity index (χ0n) is 31.6. The first-order chi connectivity index (χ1) is 28.8. The highest BCUT2D eigenvalue weighted by Crippen LogP contribution is 2.38. The number of nitrogens with zero attached hydrogens (tertiary/aromatic N) is 2. The van der Waals surface area contributed by atoms with Gasteiger partial charge in [-0.2, -0.15) is 0 Å². The lowest BCUT2D eigenvalue weighted by Crippen LogP contribution is -2.74. The van der Waals surface area contributed by atoms with Crippen molar-refractivity contribution < 1.29 is 4.42 Å². The number of hydrogen-bond donors (Lipinski definition) is 0. The van der Waals surface area contributed by atoms with E-state index in [9.17, 15) is 0 Å². The van der Waals surface area contributed by atoms with Crippen LogP contribution < -0.4 is 20.7 Å². The Bertz CT molecular complexity index is 3430. The predicted octanol–water partition coefficient (Wildman–Crippen LogP) is 11.2. The summed E-state index contributed by atoms with van der Waals surface area (Å²) in [5, 5.41) is 12.5. The Morgan fingerprint density at radius 1 is 0.276 bits per heavy atom. The van der Waals surface area contributed by atoms with Crippen LogP contribution in [-0.2, 0) is 0 Å². The van der Waals surface area contributed by atoms with Gasteiger partial charge in [0.1, 0.15) is 11.2 Å². The highest BCUT2D eigenvalue weighted by Gasteiger charge is 2.42. The molecule has 9 aromatic carbocycles. The van der Waals surface area contributed by atoms with Crippen LogP contribution in [0.15, 0.2) is 223 Å². The molecule has 3 heterocycles. The molecule has 4 heteroatoms. The quantitative estimate of drug-likeness (QED) is 0.122. The Morgan fingerprint density at radius 2 is 0.707 bits per heavy atom. The molecule has 0 aliphatic rings. The van der Waals surface area contributed by atoms with Crippen LogP contribution in [0.1, 0.15) is 0 Å². The van der Waals surface area contributed by atoms with Crippen LogP contribution in [0.5, 0.6) is 0 Å². The molecule has 0 radical (unpaired) electrons. The summed E-state index contributed by atoms with van der Waals surface area (Å²) in [7, 11) is -2.97. The van der Waals surface area contributed by atoms with E-state index in [4.69, 9.17) is 4.42 Å². The lowest BCUT2D eigenvalue weighted by atomic mass is 10.1. The Hall–Kier alpha value is -7.40. The summed E-state index contributed by atoms with van der Waals surface area (Å²) in [4.78, 5) is 0. The van der Waals surface area contributed by atoms with E-state index in [0.29, 0.717) is 0 Å². The average molecular weight is 757 g/mol. The molecule has 0 amide bonds. The van der Waals surface area contributed by atoms with Crippen LogP contribution in [0.2, 0.25) is 0 Å². The van der Waals surface area contributed by atoms with E-state index in [1.165, 1.54) is 58.8 Å². The molecule has 12 aromatic rings. The number of rotatable bonds is 6. The maximum absolute atomic E-state index is 6.41. The summed E-state index contributed by atoms with van der Waals surface area (Å²) in [6, 6.07) is 80.5. The summed E-state index contributed by atoms with van der Waals surface area (Å²) in [5.41, 5.74) is 8.87. The van der Waals surface area contributed by atoms with Gasteiger partial charge in [-0.25, -0.2) is 0 Å². The fraction of sp³-hybridized carbons (Fsp3) is 0. The third kappa shape index (κ3) is 4.73. The molecule has 272 valence electrons. The van der Waals surface area contributed by atoms with Crippen molar-refractivity contribution in [3.8, 4) is 11.4 Å².